The lowest BCUT2D eigenvalue weighted by Gasteiger charge is -2.16. The number of anilines is 1. The lowest BCUT2D eigenvalue weighted by atomic mass is 10.1. The first-order chi connectivity index (χ1) is 8.66. The minimum Gasteiger partial charge on any atom is -0.366 e. The Morgan fingerprint density at radius 3 is 3.17 bits per heavy atom. The molecule has 1 unspecified atom stereocenters. The van der Waals surface area contributed by atoms with E-state index in [2.05, 4.69) is 15.6 Å². The smallest absolute Gasteiger partial charge is 0.277 e. The molecule has 1 aliphatic rings. The summed E-state index contributed by atoms with van der Waals surface area (Å²) in [6.07, 6.45) is 4.96. The van der Waals surface area contributed by atoms with Gasteiger partial charge in [-0.05, 0) is 26.3 Å². The van der Waals surface area contributed by atoms with Gasteiger partial charge in [-0.25, -0.2) is 4.98 Å². The number of nitrogens with zero attached hydrogens (tertiary/aromatic N) is 2. The number of nitrogens with one attached hydrogen (secondary N) is 2. The van der Waals surface area contributed by atoms with Crippen LogP contribution >= 0.6 is 0 Å². The summed E-state index contributed by atoms with van der Waals surface area (Å²) in [6.45, 7) is 3.62. The molecule has 1 atom stereocenters. The fourth-order valence-corrected chi connectivity index (χ4v) is 2.14. The lowest BCUT2D eigenvalue weighted by molar-refractivity contribution is -0.385. The van der Waals surface area contributed by atoms with Crippen LogP contribution in [0.25, 0.3) is 0 Å². The average Bonchev–Trinajstić information content (AvgIpc) is 2.60. The van der Waals surface area contributed by atoms with Crippen molar-refractivity contribution in [1.29, 1.82) is 0 Å². The second-order valence-corrected chi connectivity index (χ2v) is 4.65. The zero-order valence-corrected chi connectivity index (χ0v) is 10.5. The first-order valence-corrected chi connectivity index (χ1v) is 6.25. The summed E-state index contributed by atoms with van der Waals surface area (Å²) in [6, 6.07) is 1.81. The molecule has 18 heavy (non-hydrogen) atoms. The second-order valence-electron chi connectivity index (χ2n) is 4.65. The minimum atomic E-state index is -0.368. The SMILES string of the molecule is Cc1cnc(NC2CCCCNC2)cc1[N+](=O)[O-]. The molecule has 0 amide bonds. The molecule has 1 aromatic heterocycles. The standard InChI is InChI=1S/C12H18N4O2/c1-9-7-14-12(6-11(9)16(17)18)15-10-4-2-3-5-13-8-10/h6-7,10,13H,2-5,8H2,1H3,(H,14,15). The highest BCUT2D eigenvalue weighted by Crippen LogP contribution is 2.21. The Labute approximate surface area is 106 Å². The van der Waals surface area contributed by atoms with E-state index in [4.69, 9.17) is 0 Å². The number of hydrogen-bond donors (Lipinski definition) is 2. The molecule has 6 heteroatoms. The fourth-order valence-electron chi connectivity index (χ4n) is 2.14. The Bertz CT molecular complexity index is 428. The van der Waals surface area contributed by atoms with Crippen molar-refractivity contribution in [2.75, 3.05) is 18.4 Å². The molecule has 98 valence electrons. The molecule has 2 rings (SSSR count). The lowest BCUT2D eigenvalue weighted by Crippen LogP contribution is -2.31. The highest BCUT2D eigenvalue weighted by molar-refractivity contribution is 5.49. The van der Waals surface area contributed by atoms with Crippen molar-refractivity contribution in [3.05, 3.63) is 27.9 Å². The van der Waals surface area contributed by atoms with Crippen molar-refractivity contribution in [3.63, 3.8) is 0 Å². The fraction of sp³-hybridized carbons (Fsp3) is 0.583. The maximum absolute atomic E-state index is 10.9. The average molecular weight is 250 g/mol. The summed E-state index contributed by atoms with van der Waals surface area (Å²) in [7, 11) is 0. The monoisotopic (exact) mass is 250 g/mol. The maximum Gasteiger partial charge on any atom is 0.277 e. The minimum absolute atomic E-state index is 0.120. The molecule has 2 heterocycles. The number of hydrogen-bond acceptors (Lipinski definition) is 5. The highest BCUT2D eigenvalue weighted by Gasteiger charge is 2.15. The van der Waals surface area contributed by atoms with E-state index in [-0.39, 0.29) is 10.6 Å². The van der Waals surface area contributed by atoms with Crippen molar-refractivity contribution in [3.8, 4) is 0 Å². The third-order valence-electron chi connectivity index (χ3n) is 3.17. The highest BCUT2D eigenvalue weighted by atomic mass is 16.6. The molecule has 0 radical (unpaired) electrons. The van der Waals surface area contributed by atoms with Gasteiger partial charge in [0.25, 0.3) is 5.69 Å². The van der Waals surface area contributed by atoms with Crippen molar-refractivity contribution in [1.82, 2.24) is 10.3 Å². The van der Waals surface area contributed by atoms with Crippen LogP contribution in [-0.4, -0.2) is 29.0 Å². The molecular weight excluding hydrogens is 232 g/mol. The molecule has 0 bridgehead atoms. The third kappa shape index (κ3) is 3.16. The van der Waals surface area contributed by atoms with Crippen molar-refractivity contribution < 1.29 is 4.92 Å². The predicted molar refractivity (Wildman–Crippen MR) is 69.8 cm³/mol. The van der Waals surface area contributed by atoms with Crippen LogP contribution in [0.2, 0.25) is 0 Å². The van der Waals surface area contributed by atoms with Gasteiger partial charge < -0.3 is 10.6 Å². The second kappa shape index (κ2) is 5.77. The van der Waals surface area contributed by atoms with Gasteiger partial charge in [0, 0.05) is 24.3 Å². The summed E-state index contributed by atoms with van der Waals surface area (Å²) in [5.41, 5.74) is 0.707. The Hall–Kier alpha value is -1.69. The molecule has 0 spiro atoms. The van der Waals surface area contributed by atoms with Gasteiger partial charge in [0.2, 0.25) is 0 Å². The molecule has 0 aliphatic carbocycles. The van der Waals surface area contributed by atoms with Gasteiger partial charge in [-0.2, -0.15) is 0 Å². The Balaban J connectivity index is 2.08. The number of aromatic nitrogens is 1. The van der Waals surface area contributed by atoms with E-state index in [0.717, 1.165) is 19.5 Å². The first kappa shape index (κ1) is 12.8. The van der Waals surface area contributed by atoms with Crippen LogP contribution in [0.15, 0.2) is 12.3 Å². The van der Waals surface area contributed by atoms with Crippen LogP contribution < -0.4 is 10.6 Å². The Morgan fingerprint density at radius 2 is 2.39 bits per heavy atom. The van der Waals surface area contributed by atoms with Gasteiger partial charge >= 0.3 is 0 Å². The maximum atomic E-state index is 10.9. The van der Waals surface area contributed by atoms with Gasteiger partial charge in [0.05, 0.1) is 11.0 Å². The van der Waals surface area contributed by atoms with Gasteiger partial charge in [0.15, 0.2) is 0 Å². The zero-order valence-electron chi connectivity index (χ0n) is 10.5. The van der Waals surface area contributed by atoms with E-state index >= 15 is 0 Å². The van der Waals surface area contributed by atoms with E-state index in [9.17, 15) is 10.1 Å². The molecule has 1 fully saturated rings. The molecule has 1 saturated heterocycles. The van der Waals surface area contributed by atoms with Crippen molar-refractivity contribution in [2.45, 2.75) is 32.2 Å². The van der Waals surface area contributed by atoms with E-state index in [0.29, 0.717) is 17.4 Å². The van der Waals surface area contributed by atoms with E-state index in [1.54, 1.807) is 13.1 Å². The molecule has 1 aromatic rings. The van der Waals surface area contributed by atoms with Crippen LogP contribution in [0.3, 0.4) is 0 Å². The van der Waals surface area contributed by atoms with Crippen molar-refractivity contribution >= 4 is 11.5 Å². The first-order valence-electron chi connectivity index (χ1n) is 6.25. The number of nitro groups is 1. The van der Waals surface area contributed by atoms with Crippen LogP contribution in [0.4, 0.5) is 11.5 Å². The quantitative estimate of drug-likeness (QED) is 0.632. The largest absolute Gasteiger partial charge is 0.366 e. The summed E-state index contributed by atoms with van der Waals surface area (Å²) in [5.74, 6) is 0.584. The Kier molecular flexibility index (Phi) is 4.09. The van der Waals surface area contributed by atoms with Crippen LogP contribution in [0, 0.1) is 17.0 Å². The van der Waals surface area contributed by atoms with Gasteiger partial charge in [-0.3, -0.25) is 10.1 Å². The number of rotatable bonds is 3. The molecule has 0 saturated carbocycles. The van der Waals surface area contributed by atoms with Gasteiger partial charge in [-0.1, -0.05) is 6.42 Å². The molecule has 1 aliphatic heterocycles. The summed E-state index contributed by atoms with van der Waals surface area (Å²) >= 11 is 0. The van der Waals surface area contributed by atoms with Crippen LogP contribution in [0.5, 0.6) is 0 Å². The van der Waals surface area contributed by atoms with E-state index < -0.39 is 0 Å². The molecule has 2 N–H and O–H groups in total. The molecular formula is C12H18N4O2. The topological polar surface area (TPSA) is 80.1 Å². The van der Waals surface area contributed by atoms with Gasteiger partial charge in [0.1, 0.15) is 5.82 Å². The predicted octanol–water partition coefficient (Wildman–Crippen LogP) is 1.85. The summed E-state index contributed by atoms with van der Waals surface area (Å²) in [4.78, 5) is 14.7. The normalized spacial score (nSPS) is 20.2. The summed E-state index contributed by atoms with van der Waals surface area (Å²) in [5, 5.41) is 17.5. The van der Waals surface area contributed by atoms with Crippen LogP contribution in [-0.2, 0) is 0 Å². The number of pyridine rings is 1. The van der Waals surface area contributed by atoms with E-state index in [1.165, 1.54) is 18.9 Å². The van der Waals surface area contributed by atoms with E-state index in [1.807, 2.05) is 0 Å². The third-order valence-corrected chi connectivity index (χ3v) is 3.17. The van der Waals surface area contributed by atoms with Gasteiger partial charge in [-0.15, -0.1) is 0 Å². The van der Waals surface area contributed by atoms with Crippen molar-refractivity contribution in [2.24, 2.45) is 0 Å². The molecule has 6 nitrogen and oxygen atoms in total. The Morgan fingerprint density at radius 1 is 1.56 bits per heavy atom. The molecule has 0 aromatic carbocycles. The van der Waals surface area contributed by atoms with Crippen LogP contribution in [0.1, 0.15) is 24.8 Å². The number of aryl methyl sites for hydroxylation is 1. The zero-order chi connectivity index (χ0) is 13.0. The summed E-state index contributed by atoms with van der Waals surface area (Å²) < 4.78 is 0.